The molecule has 0 bridgehead atoms. The maximum Gasteiger partial charge on any atom is 0.251 e. The van der Waals surface area contributed by atoms with Crippen LogP contribution in [0.1, 0.15) is 15.9 Å². The van der Waals surface area contributed by atoms with Gasteiger partial charge in [-0.15, -0.1) is 0 Å². The predicted octanol–water partition coefficient (Wildman–Crippen LogP) is 1.98. The molecule has 2 aromatic carbocycles. The molecular formula is C16H15FN4O. The average molecular weight is 298 g/mol. The third-order valence-electron chi connectivity index (χ3n) is 3.42. The lowest BCUT2D eigenvalue weighted by atomic mass is 10.1. The van der Waals surface area contributed by atoms with Gasteiger partial charge in [-0.05, 0) is 36.9 Å². The van der Waals surface area contributed by atoms with Gasteiger partial charge in [0.15, 0.2) is 0 Å². The lowest BCUT2D eigenvalue weighted by Gasteiger charge is -2.03. The van der Waals surface area contributed by atoms with Crippen molar-refractivity contribution in [3.63, 3.8) is 0 Å². The number of nitrogens with two attached hydrogens (primary N) is 1. The summed E-state index contributed by atoms with van der Waals surface area (Å²) in [5.41, 5.74) is 7.74. The van der Waals surface area contributed by atoms with Crippen LogP contribution in [0.5, 0.6) is 0 Å². The predicted molar refractivity (Wildman–Crippen MR) is 82.3 cm³/mol. The Hall–Kier alpha value is -2.73. The van der Waals surface area contributed by atoms with Gasteiger partial charge in [0.05, 0.1) is 11.3 Å². The summed E-state index contributed by atoms with van der Waals surface area (Å²) in [5, 5.41) is 7.97. The maximum atomic E-state index is 13.6. The van der Waals surface area contributed by atoms with Crippen LogP contribution in [0.4, 0.5) is 4.39 Å². The highest BCUT2D eigenvalue weighted by atomic mass is 19.1. The van der Waals surface area contributed by atoms with Crippen molar-refractivity contribution in [3.8, 4) is 5.69 Å². The fourth-order valence-corrected chi connectivity index (χ4v) is 2.39. The van der Waals surface area contributed by atoms with Crippen molar-refractivity contribution in [1.29, 1.82) is 0 Å². The Labute approximate surface area is 126 Å². The molecule has 5 nitrogen and oxygen atoms in total. The molecule has 1 aromatic heterocycles. The van der Waals surface area contributed by atoms with Gasteiger partial charge in [0, 0.05) is 18.1 Å². The van der Waals surface area contributed by atoms with Gasteiger partial charge in [-0.25, -0.2) is 9.07 Å². The quantitative estimate of drug-likeness (QED) is 0.773. The minimum absolute atomic E-state index is 0.0838. The zero-order chi connectivity index (χ0) is 15.7. The Morgan fingerprint density at radius 1 is 1.32 bits per heavy atom. The summed E-state index contributed by atoms with van der Waals surface area (Å²) in [7, 11) is 1.88. The number of nitrogens with zero attached hydrogens (tertiary/aromatic N) is 2. The molecular weight excluding hydrogens is 283 g/mol. The van der Waals surface area contributed by atoms with E-state index in [2.05, 4.69) is 10.4 Å². The van der Waals surface area contributed by atoms with E-state index in [4.69, 9.17) is 5.73 Å². The third kappa shape index (κ3) is 2.56. The number of primary amides is 1. The number of carbonyl (C=O) groups is 1. The van der Waals surface area contributed by atoms with E-state index in [1.165, 1.54) is 6.07 Å². The molecule has 0 aliphatic carbocycles. The molecule has 22 heavy (non-hydrogen) atoms. The highest BCUT2D eigenvalue weighted by molar-refractivity contribution is 6.04. The number of carbonyl (C=O) groups excluding carboxylic acids is 1. The molecule has 1 heterocycles. The van der Waals surface area contributed by atoms with Crippen LogP contribution in [0, 0.1) is 5.82 Å². The molecule has 0 aliphatic heterocycles. The second kappa shape index (κ2) is 5.57. The normalized spacial score (nSPS) is 11.0. The number of halogens is 1. The number of benzene rings is 2. The van der Waals surface area contributed by atoms with Gasteiger partial charge in [-0.3, -0.25) is 4.79 Å². The van der Waals surface area contributed by atoms with E-state index < -0.39 is 11.7 Å². The molecule has 6 heteroatoms. The number of hydrogen-bond donors (Lipinski definition) is 2. The lowest BCUT2D eigenvalue weighted by molar-refractivity contribution is 0.100. The van der Waals surface area contributed by atoms with Crippen molar-refractivity contribution < 1.29 is 9.18 Å². The summed E-state index contributed by atoms with van der Waals surface area (Å²) in [6.07, 6.45) is 1.68. The van der Waals surface area contributed by atoms with Gasteiger partial charge in [-0.1, -0.05) is 12.1 Å². The third-order valence-corrected chi connectivity index (χ3v) is 3.42. The molecule has 0 radical (unpaired) electrons. The molecule has 0 saturated heterocycles. The van der Waals surface area contributed by atoms with Crippen LogP contribution in [0.25, 0.3) is 16.6 Å². The minimum atomic E-state index is -0.695. The van der Waals surface area contributed by atoms with Crippen LogP contribution in [0.15, 0.2) is 42.6 Å². The van der Waals surface area contributed by atoms with Gasteiger partial charge < -0.3 is 11.1 Å². The van der Waals surface area contributed by atoms with E-state index in [0.717, 1.165) is 23.9 Å². The van der Waals surface area contributed by atoms with E-state index in [1.54, 1.807) is 10.9 Å². The second-order valence-electron chi connectivity index (χ2n) is 5.03. The Morgan fingerprint density at radius 2 is 2.05 bits per heavy atom. The molecule has 0 atom stereocenters. The number of hydrogen-bond acceptors (Lipinski definition) is 3. The standard InChI is InChI=1S/C16H15FN4O/c1-19-8-10-2-4-13(5-3-10)21-9-11-6-12(17)7-14(16(18)22)15(11)20-21/h2-7,9,19H,8H2,1H3,(H2,18,22). The topological polar surface area (TPSA) is 72.9 Å². The Balaban J connectivity index is 2.08. The van der Waals surface area contributed by atoms with E-state index >= 15 is 0 Å². The van der Waals surface area contributed by atoms with Crippen molar-refractivity contribution in [2.24, 2.45) is 5.73 Å². The smallest absolute Gasteiger partial charge is 0.251 e. The van der Waals surface area contributed by atoms with E-state index in [9.17, 15) is 9.18 Å². The Morgan fingerprint density at radius 3 is 2.68 bits per heavy atom. The van der Waals surface area contributed by atoms with Crippen LogP contribution in [-0.2, 0) is 6.54 Å². The summed E-state index contributed by atoms with van der Waals surface area (Å²) in [4.78, 5) is 11.4. The first kappa shape index (κ1) is 14.2. The molecule has 3 rings (SSSR count). The first-order valence-electron chi connectivity index (χ1n) is 6.81. The summed E-state index contributed by atoms with van der Waals surface area (Å²) >= 11 is 0. The van der Waals surface area contributed by atoms with Crippen LogP contribution in [0.3, 0.4) is 0 Å². The fraction of sp³-hybridized carbons (Fsp3) is 0.125. The number of fused-ring (bicyclic) bond motifs is 1. The zero-order valence-electron chi connectivity index (χ0n) is 12.0. The van der Waals surface area contributed by atoms with Gasteiger partial charge in [0.1, 0.15) is 11.3 Å². The van der Waals surface area contributed by atoms with Gasteiger partial charge in [0.2, 0.25) is 0 Å². The Bertz CT molecular complexity index is 839. The number of nitrogens with one attached hydrogen (secondary N) is 1. The summed E-state index contributed by atoms with van der Waals surface area (Å²) in [6, 6.07) is 10.2. The molecule has 0 aliphatic rings. The fourth-order valence-electron chi connectivity index (χ4n) is 2.39. The number of aromatic nitrogens is 2. The Kier molecular flexibility index (Phi) is 3.60. The molecule has 0 fully saturated rings. The number of amides is 1. The maximum absolute atomic E-state index is 13.6. The highest BCUT2D eigenvalue weighted by Crippen LogP contribution is 2.21. The van der Waals surface area contributed by atoms with Crippen molar-refractivity contribution in [1.82, 2.24) is 15.1 Å². The molecule has 112 valence electrons. The summed E-state index contributed by atoms with van der Waals surface area (Å²) in [6.45, 7) is 0.776. The van der Waals surface area contributed by atoms with Crippen LogP contribution in [0.2, 0.25) is 0 Å². The van der Waals surface area contributed by atoms with Gasteiger partial charge in [-0.2, -0.15) is 5.10 Å². The van der Waals surface area contributed by atoms with Gasteiger partial charge >= 0.3 is 0 Å². The van der Waals surface area contributed by atoms with E-state index in [0.29, 0.717) is 10.9 Å². The monoisotopic (exact) mass is 298 g/mol. The zero-order valence-corrected chi connectivity index (χ0v) is 12.0. The molecule has 1 amide bonds. The van der Waals surface area contributed by atoms with Crippen molar-refractivity contribution >= 4 is 16.8 Å². The summed E-state index contributed by atoms with van der Waals surface area (Å²) < 4.78 is 15.2. The van der Waals surface area contributed by atoms with Crippen molar-refractivity contribution in [2.45, 2.75) is 6.54 Å². The van der Waals surface area contributed by atoms with Crippen LogP contribution >= 0.6 is 0 Å². The highest BCUT2D eigenvalue weighted by Gasteiger charge is 2.13. The van der Waals surface area contributed by atoms with Crippen LogP contribution in [-0.4, -0.2) is 22.7 Å². The SMILES string of the molecule is CNCc1ccc(-n2cc3cc(F)cc(C(N)=O)c3n2)cc1. The van der Waals surface area contributed by atoms with Crippen LogP contribution < -0.4 is 11.1 Å². The molecule has 0 unspecified atom stereocenters. The lowest BCUT2D eigenvalue weighted by Crippen LogP contribution is -2.12. The molecule has 0 saturated carbocycles. The average Bonchev–Trinajstić information content (AvgIpc) is 2.91. The first-order chi connectivity index (χ1) is 10.6. The first-order valence-corrected chi connectivity index (χ1v) is 6.81. The summed E-state index contributed by atoms with van der Waals surface area (Å²) in [5.74, 6) is -1.20. The second-order valence-corrected chi connectivity index (χ2v) is 5.03. The number of rotatable bonds is 4. The van der Waals surface area contributed by atoms with Gasteiger partial charge in [0.25, 0.3) is 5.91 Å². The molecule has 3 N–H and O–H groups in total. The van der Waals surface area contributed by atoms with E-state index in [1.807, 2.05) is 31.3 Å². The minimum Gasteiger partial charge on any atom is -0.366 e. The molecule has 3 aromatic rings. The largest absolute Gasteiger partial charge is 0.366 e. The van der Waals surface area contributed by atoms with Crippen molar-refractivity contribution in [2.75, 3.05) is 7.05 Å². The van der Waals surface area contributed by atoms with E-state index in [-0.39, 0.29) is 5.56 Å². The van der Waals surface area contributed by atoms with Crippen molar-refractivity contribution in [3.05, 3.63) is 59.5 Å². The molecule has 0 spiro atoms.